The lowest BCUT2D eigenvalue weighted by atomic mass is 9.94. The Bertz CT molecular complexity index is 1260. The Morgan fingerprint density at radius 2 is 1.54 bits per heavy atom. The first-order valence-electron chi connectivity index (χ1n) is 11.1. The van der Waals surface area contributed by atoms with E-state index in [9.17, 15) is 23.9 Å². The second-order valence-corrected chi connectivity index (χ2v) is 8.99. The smallest absolute Gasteiger partial charge is 0.411 e. The summed E-state index contributed by atoms with van der Waals surface area (Å²) in [6, 6.07) is 19.8. The van der Waals surface area contributed by atoms with Gasteiger partial charge < -0.3 is 15.2 Å². The maximum Gasteiger partial charge on any atom is 0.411 e. The zero-order chi connectivity index (χ0) is 25.2. The van der Waals surface area contributed by atoms with Crippen molar-refractivity contribution in [3.05, 3.63) is 89.2 Å². The number of anilines is 1. The van der Waals surface area contributed by atoms with Crippen LogP contribution in [0.4, 0.5) is 14.9 Å². The molecule has 2 amide bonds. The van der Waals surface area contributed by atoms with Gasteiger partial charge in [0.15, 0.2) is 5.82 Å². The van der Waals surface area contributed by atoms with Gasteiger partial charge in [-0.2, -0.15) is 0 Å². The molecule has 0 atom stereocenters. The van der Waals surface area contributed by atoms with Crippen molar-refractivity contribution in [3.8, 4) is 11.1 Å². The van der Waals surface area contributed by atoms with E-state index in [0.29, 0.717) is 0 Å². The average Bonchev–Trinajstić information content (AvgIpc) is 3.16. The molecule has 0 bridgehead atoms. The minimum atomic E-state index is -1.22. The maximum atomic E-state index is 14.9. The number of hydrogen-bond donors (Lipinski definition) is 3. The van der Waals surface area contributed by atoms with Gasteiger partial charge in [-0.25, -0.2) is 9.18 Å². The fourth-order valence-corrected chi connectivity index (χ4v) is 4.02. The van der Waals surface area contributed by atoms with Crippen molar-refractivity contribution in [3.63, 3.8) is 0 Å². The maximum absolute atomic E-state index is 14.9. The summed E-state index contributed by atoms with van der Waals surface area (Å²) in [6.45, 7) is 2.76. The van der Waals surface area contributed by atoms with Gasteiger partial charge in [-0.15, -0.1) is 0 Å². The first-order chi connectivity index (χ1) is 16.7. The Morgan fingerprint density at radius 1 is 0.943 bits per heavy atom. The van der Waals surface area contributed by atoms with Crippen molar-refractivity contribution in [1.82, 2.24) is 5.32 Å². The molecule has 0 saturated heterocycles. The Morgan fingerprint density at radius 3 is 2.14 bits per heavy atom. The summed E-state index contributed by atoms with van der Waals surface area (Å²) in [5.41, 5.74) is 2.53. The molecule has 0 fully saturated rings. The Labute approximate surface area is 201 Å². The molecule has 3 aromatic rings. The zero-order valence-corrected chi connectivity index (χ0v) is 19.3. The number of carbonyl (C=O) groups excluding carboxylic acids is 2. The van der Waals surface area contributed by atoms with Crippen LogP contribution >= 0.6 is 0 Å². The van der Waals surface area contributed by atoms with Gasteiger partial charge in [0.2, 0.25) is 0 Å². The van der Waals surface area contributed by atoms with Crippen molar-refractivity contribution in [1.29, 1.82) is 0 Å². The number of carboxylic acids is 1. The number of carbonyl (C=O) groups is 3. The monoisotopic (exact) mass is 476 g/mol. The molecule has 8 heteroatoms. The fraction of sp³-hybridized carbons (Fsp3) is 0.222. The lowest BCUT2D eigenvalue weighted by Gasteiger charge is -2.19. The normalized spacial score (nSPS) is 12.4. The largest absolute Gasteiger partial charge is 0.481 e. The number of halogens is 1. The highest BCUT2D eigenvalue weighted by molar-refractivity contribution is 5.97. The third-order valence-corrected chi connectivity index (χ3v) is 6.09. The van der Waals surface area contributed by atoms with E-state index >= 15 is 0 Å². The van der Waals surface area contributed by atoms with E-state index < -0.39 is 29.2 Å². The van der Waals surface area contributed by atoms with Crippen LogP contribution in [0.15, 0.2) is 66.7 Å². The summed E-state index contributed by atoms with van der Waals surface area (Å²) in [5.74, 6) is -2.96. The van der Waals surface area contributed by atoms with Crippen molar-refractivity contribution >= 4 is 23.7 Å². The molecule has 0 radical (unpaired) electrons. The summed E-state index contributed by atoms with van der Waals surface area (Å²) in [6.07, 6.45) is -0.852. The molecule has 3 N–H and O–H groups in total. The number of carboxylic acid groups (broad SMARTS) is 1. The molecule has 4 rings (SSSR count). The highest BCUT2D eigenvalue weighted by atomic mass is 19.1. The predicted molar refractivity (Wildman–Crippen MR) is 129 cm³/mol. The molecule has 0 aliphatic heterocycles. The molecule has 0 heterocycles. The Kier molecular flexibility index (Phi) is 6.55. The number of rotatable bonds is 7. The number of ether oxygens (including phenoxy) is 1. The van der Waals surface area contributed by atoms with Crippen molar-refractivity contribution in [2.24, 2.45) is 5.41 Å². The van der Waals surface area contributed by atoms with Gasteiger partial charge in [0.25, 0.3) is 5.91 Å². The van der Waals surface area contributed by atoms with Crippen LogP contribution in [0.3, 0.4) is 0 Å². The molecule has 0 unspecified atom stereocenters. The fourth-order valence-electron chi connectivity index (χ4n) is 4.02. The van der Waals surface area contributed by atoms with Gasteiger partial charge in [-0.1, -0.05) is 54.6 Å². The van der Waals surface area contributed by atoms with Crippen LogP contribution in [0.25, 0.3) is 11.1 Å². The average molecular weight is 477 g/mol. The molecular formula is C27H25FN2O5. The summed E-state index contributed by atoms with van der Waals surface area (Å²) >= 11 is 0. The molecule has 7 nitrogen and oxygen atoms in total. The lowest BCUT2D eigenvalue weighted by Crippen LogP contribution is -2.39. The first-order valence-corrected chi connectivity index (χ1v) is 11.1. The van der Waals surface area contributed by atoms with E-state index in [2.05, 4.69) is 10.6 Å². The third-order valence-electron chi connectivity index (χ3n) is 6.09. The summed E-state index contributed by atoms with van der Waals surface area (Å²) in [7, 11) is 0. The highest BCUT2D eigenvalue weighted by Crippen LogP contribution is 2.44. The van der Waals surface area contributed by atoms with Crippen molar-refractivity contribution in [2.45, 2.75) is 19.8 Å². The standard InChI is InChI=1S/C27H25FN2O5/c1-27(2,25(32)33)15-29-24(31)20-12-7-13-22(23(20)28)30-26(34)35-14-21-18-10-5-3-8-16(18)17-9-4-6-11-19(17)21/h3-13,21H,14-15H2,1-2H3,(H,29,31)(H,30,34)(H,32,33). The quantitative estimate of drug-likeness (QED) is 0.444. The van der Waals surface area contributed by atoms with Gasteiger partial charge in [-0.3, -0.25) is 14.9 Å². The number of fused-ring (bicyclic) bond motifs is 3. The Balaban J connectivity index is 1.42. The van der Waals surface area contributed by atoms with E-state index in [0.717, 1.165) is 22.3 Å². The third kappa shape index (κ3) is 4.87. The predicted octanol–water partition coefficient (Wildman–Crippen LogP) is 5.03. The summed E-state index contributed by atoms with van der Waals surface area (Å²) in [5, 5.41) is 14.0. The number of benzene rings is 3. The van der Waals surface area contributed by atoms with Crippen LogP contribution in [0.1, 0.15) is 41.3 Å². The minimum Gasteiger partial charge on any atom is -0.481 e. The van der Waals surface area contributed by atoms with Gasteiger partial charge in [0, 0.05) is 12.5 Å². The number of amides is 2. The Hall–Kier alpha value is -4.20. The summed E-state index contributed by atoms with van der Waals surface area (Å²) < 4.78 is 20.4. The van der Waals surface area contributed by atoms with Crippen molar-refractivity contribution < 1.29 is 28.6 Å². The zero-order valence-electron chi connectivity index (χ0n) is 19.3. The molecule has 0 saturated carbocycles. The molecule has 35 heavy (non-hydrogen) atoms. The van der Waals surface area contributed by atoms with Crippen LogP contribution in [-0.4, -0.2) is 36.2 Å². The lowest BCUT2D eigenvalue weighted by molar-refractivity contribution is -0.146. The number of aliphatic carboxylic acids is 1. The topological polar surface area (TPSA) is 105 Å². The van der Waals surface area contributed by atoms with Crippen molar-refractivity contribution in [2.75, 3.05) is 18.5 Å². The van der Waals surface area contributed by atoms with Crippen LogP contribution in [0.2, 0.25) is 0 Å². The molecule has 0 aromatic heterocycles. The van der Waals surface area contributed by atoms with Gasteiger partial charge in [-0.05, 0) is 48.2 Å². The van der Waals surface area contributed by atoms with Crippen LogP contribution in [-0.2, 0) is 9.53 Å². The van der Waals surface area contributed by atoms with E-state index in [1.807, 2.05) is 48.5 Å². The van der Waals surface area contributed by atoms with Crippen LogP contribution in [0.5, 0.6) is 0 Å². The van der Waals surface area contributed by atoms with Gasteiger partial charge >= 0.3 is 12.1 Å². The molecule has 3 aromatic carbocycles. The minimum absolute atomic E-state index is 0.0614. The van der Waals surface area contributed by atoms with Crippen LogP contribution < -0.4 is 10.6 Å². The van der Waals surface area contributed by atoms with E-state index in [1.165, 1.54) is 32.0 Å². The second kappa shape index (κ2) is 9.58. The molecule has 0 spiro atoms. The number of hydrogen-bond acceptors (Lipinski definition) is 4. The van der Waals surface area contributed by atoms with Gasteiger partial charge in [0.1, 0.15) is 6.61 Å². The van der Waals surface area contributed by atoms with E-state index in [4.69, 9.17) is 4.74 Å². The van der Waals surface area contributed by atoms with E-state index in [-0.39, 0.29) is 30.3 Å². The highest BCUT2D eigenvalue weighted by Gasteiger charge is 2.30. The summed E-state index contributed by atoms with van der Waals surface area (Å²) in [4.78, 5) is 36.1. The van der Waals surface area contributed by atoms with Gasteiger partial charge in [0.05, 0.1) is 16.7 Å². The molecule has 180 valence electrons. The first kappa shape index (κ1) is 23.9. The van der Waals surface area contributed by atoms with E-state index in [1.54, 1.807) is 0 Å². The molecule has 1 aliphatic carbocycles. The SMILES string of the molecule is CC(C)(CNC(=O)c1cccc(NC(=O)OCC2c3ccccc3-c3ccccc32)c1F)C(=O)O. The van der Waals surface area contributed by atoms with Crippen LogP contribution in [0, 0.1) is 11.2 Å². The molecule has 1 aliphatic rings. The second-order valence-electron chi connectivity index (χ2n) is 8.99. The number of nitrogens with one attached hydrogen (secondary N) is 2. The molecular weight excluding hydrogens is 451 g/mol.